The molecule has 0 atom stereocenters. The normalized spacial score (nSPS) is 10.5. The molecule has 0 aliphatic rings. The Morgan fingerprint density at radius 2 is 0.800 bits per heavy atom. The number of carbonyl (C=O) groups excluding carboxylic acids is 2. The molecular weight excluding hydrogens is 281 g/mol. The quantitative estimate of drug-likeness (QED) is 0.404. The molecule has 0 heterocycles. The van der Waals surface area contributed by atoms with Crippen molar-refractivity contribution in [2.45, 2.75) is 12.4 Å². The molecule has 15 heavy (non-hydrogen) atoms. The van der Waals surface area contributed by atoms with Crippen LogP contribution in [0.15, 0.2) is 0 Å². The van der Waals surface area contributed by atoms with E-state index in [4.69, 9.17) is 19.8 Å². The summed E-state index contributed by atoms with van der Waals surface area (Å²) in [4.78, 5) is 17.6. The fourth-order valence-corrected chi connectivity index (χ4v) is 0. The number of halogens is 6. The maximum atomic E-state index is 10.5. The minimum atomic E-state index is -5.19. The van der Waals surface area contributed by atoms with E-state index in [1.54, 1.807) is 0 Å². The standard InChI is InChI=1S/2C2HF3O2.Mn/c2*3-2(4,5)1(6)7;/h2*(H,6,7);/q;;+2/p-2. The Morgan fingerprint density at radius 3 is 0.800 bits per heavy atom. The van der Waals surface area contributed by atoms with E-state index in [1.165, 1.54) is 0 Å². The molecule has 0 spiro atoms. The molecule has 0 aliphatic heterocycles. The molecule has 0 saturated carbocycles. The van der Waals surface area contributed by atoms with Crippen molar-refractivity contribution in [2.24, 2.45) is 0 Å². The summed E-state index contributed by atoms with van der Waals surface area (Å²) < 4.78 is 63.1. The van der Waals surface area contributed by atoms with Gasteiger partial charge in [0.05, 0.1) is 0 Å². The summed E-state index contributed by atoms with van der Waals surface area (Å²) in [6, 6.07) is 0. The van der Waals surface area contributed by atoms with Gasteiger partial charge in [0.2, 0.25) is 0 Å². The van der Waals surface area contributed by atoms with Crippen LogP contribution in [0.2, 0.25) is 0 Å². The summed E-state index contributed by atoms with van der Waals surface area (Å²) in [5.74, 6) is -6.01. The van der Waals surface area contributed by atoms with Crippen molar-refractivity contribution < 1.29 is 63.2 Å². The van der Waals surface area contributed by atoms with Crippen molar-refractivity contribution in [3.05, 3.63) is 0 Å². The molecule has 1 radical (unpaired) electrons. The van der Waals surface area contributed by atoms with Gasteiger partial charge in [-0.3, -0.25) is 0 Å². The largest absolute Gasteiger partial charge is 2.00 e. The number of carboxylic acid groups (broad SMARTS) is 2. The first kappa shape index (κ1) is 19.6. The number of hydrogen-bond donors (Lipinski definition) is 0. The first-order valence-electron chi connectivity index (χ1n) is 2.45. The Bertz CT molecular complexity index is 196. The summed E-state index contributed by atoms with van der Waals surface area (Å²) in [6.07, 6.45) is -10.4. The van der Waals surface area contributed by atoms with Crippen LogP contribution in [-0.4, -0.2) is 24.3 Å². The Balaban J connectivity index is -0.000000180. The molecule has 0 amide bonds. The summed E-state index contributed by atoms with van der Waals surface area (Å²) in [5.41, 5.74) is 0. The van der Waals surface area contributed by atoms with E-state index in [1.807, 2.05) is 0 Å². The number of aliphatic carboxylic acids is 2. The first-order chi connectivity index (χ1) is 5.89. The summed E-state index contributed by atoms with van der Waals surface area (Å²) in [5, 5.41) is 17.6. The van der Waals surface area contributed by atoms with Gasteiger partial charge < -0.3 is 19.8 Å². The topological polar surface area (TPSA) is 80.3 Å². The number of carboxylic acids is 2. The monoisotopic (exact) mass is 281 g/mol. The van der Waals surface area contributed by atoms with Gasteiger partial charge in [-0.1, -0.05) is 0 Å². The Morgan fingerprint density at radius 1 is 0.733 bits per heavy atom. The molecular formula is C4F6MnO4. The fourth-order valence-electron chi connectivity index (χ4n) is 0. The molecule has 0 bridgehead atoms. The van der Waals surface area contributed by atoms with Gasteiger partial charge >= 0.3 is 29.4 Å². The zero-order valence-electron chi connectivity index (χ0n) is 6.28. The third-order valence-corrected chi connectivity index (χ3v) is 0.463. The van der Waals surface area contributed by atoms with Crippen LogP contribution in [0.4, 0.5) is 26.3 Å². The minimum Gasteiger partial charge on any atom is -0.542 e. The Kier molecular flexibility index (Phi) is 8.50. The van der Waals surface area contributed by atoms with Crippen LogP contribution in [0.3, 0.4) is 0 Å². The van der Waals surface area contributed by atoms with Gasteiger partial charge in [0.15, 0.2) is 0 Å². The summed E-state index contributed by atoms with van der Waals surface area (Å²) in [7, 11) is 0. The molecule has 0 aromatic heterocycles. The maximum Gasteiger partial charge on any atom is 2.00 e. The van der Waals surface area contributed by atoms with E-state index in [-0.39, 0.29) is 17.1 Å². The van der Waals surface area contributed by atoms with E-state index in [0.717, 1.165) is 0 Å². The van der Waals surface area contributed by atoms with Crippen molar-refractivity contribution in [1.82, 2.24) is 0 Å². The van der Waals surface area contributed by atoms with Crippen LogP contribution in [0.1, 0.15) is 0 Å². The molecule has 0 saturated heterocycles. The van der Waals surface area contributed by atoms with Gasteiger partial charge in [0, 0.05) is 0 Å². The zero-order chi connectivity index (χ0) is 12.2. The van der Waals surface area contributed by atoms with Crippen LogP contribution >= 0.6 is 0 Å². The van der Waals surface area contributed by atoms with Crippen molar-refractivity contribution >= 4 is 11.9 Å². The summed E-state index contributed by atoms with van der Waals surface area (Å²) in [6.45, 7) is 0. The Hall–Kier alpha value is -0.961. The van der Waals surface area contributed by atoms with Gasteiger partial charge in [-0.2, -0.15) is 26.3 Å². The van der Waals surface area contributed by atoms with Crippen molar-refractivity contribution in [1.29, 1.82) is 0 Å². The second-order valence-electron chi connectivity index (χ2n) is 1.57. The number of carbonyl (C=O) groups is 2. The maximum absolute atomic E-state index is 10.5. The summed E-state index contributed by atoms with van der Waals surface area (Å²) >= 11 is 0. The average molecular weight is 281 g/mol. The van der Waals surface area contributed by atoms with Gasteiger partial charge in [-0.05, 0) is 0 Å². The van der Waals surface area contributed by atoms with E-state index in [2.05, 4.69) is 0 Å². The van der Waals surface area contributed by atoms with Crippen LogP contribution in [-0.2, 0) is 26.7 Å². The van der Waals surface area contributed by atoms with Crippen molar-refractivity contribution in [2.75, 3.05) is 0 Å². The molecule has 0 aromatic rings. The molecule has 89 valence electrons. The van der Waals surface area contributed by atoms with Crippen LogP contribution in [0.25, 0.3) is 0 Å². The molecule has 0 unspecified atom stereocenters. The zero-order valence-corrected chi connectivity index (χ0v) is 7.46. The fraction of sp³-hybridized carbons (Fsp3) is 0.500. The third-order valence-electron chi connectivity index (χ3n) is 0.463. The van der Waals surface area contributed by atoms with E-state index in [0.29, 0.717) is 0 Å². The third kappa shape index (κ3) is 13.0. The van der Waals surface area contributed by atoms with Crippen LogP contribution in [0.5, 0.6) is 0 Å². The van der Waals surface area contributed by atoms with Crippen LogP contribution in [0, 0.1) is 0 Å². The van der Waals surface area contributed by atoms with Crippen LogP contribution < -0.4 is 10.2 Å². The molecule has 0 rings (SSSR count). The molecule has 0 aromatic carbocycles. The molecule has 0 aliphatic carbocycles. The Labute approximate surface area is 88.3 Å². The van der Waals surface area contributed by atoms with Crippen molar-refractivity contribution in [3.63, 3.8) is 0 Å². The number of rotatable bonds is 0. The molecule has 0 N–H and O–H groups in total. The molecule has 4 nitrogen and oxygen atoms in total. The predicted octanol–water partition coefficient (Wildman–Crippen LogP) is -1.41. The van der Waals surface area contributed by atoms with E-state index >= 15 is 0 Å². The second kappa shape index (κ2) is 6.51. The number of alkyl halides is 6. The van der Waals surface area contributed by atoms with Gasteiger partial charge in [0.1, 0.15) is 11.9 Å². The number of hydrogen-bond acceptors (Lipinski definition) is 4. The SMILES string of the molecule is O=C([O-])C(F)(F)F.O=C([O-])C(F)(F)F.[Mn+2]. The van der Waals surface area contributed by atoms with Gasteiger partial charge in [-0.15, -0.1) is 0 Å². The first-order valence-corrected chi connectivity index (χ1v) is 2.45. The van der Waals surface area contributed by atoms with Crippen molar-refractivity contribution in [3.8, 4) is 0 Å². The minimum absolute atomic E-state index is 0. The van der Waals surface area contributed by atoms with Gasteiger partial charge in [0.25, 0.3) is 0 Å². The molecule has 0 fully saturated rings. The second-order valence-corrected chi connectivity index (χ2v) is 1.57. The average Bonchev–Trinajstić information content (AvgIpc) is 1.83. The van der Waals surface area contributed by atoms with E-state index < -0.39 is 24.3 Å². The predicted molar refractivity (Wildman–Crippen MR) is 22.1 cm³/mol. The molecule has 11 heteroatoms. The van der Waals surface area contributed by atoms with E-state index in [9.17, 15) is 26.3 Å². The van der Waals surface area contributed by atoms with Gasteiger partial charge in [-0.25, -0.2) is 0 Å². The smallest absolute Gasteiger partial charge is 0.542 e.